The summed E-state index contributed by atoms with van der Waals surface area (Å²) in [6, 6.07) is 12.2. The van der Waals surface area contributed by atoms with E-state index < -0.39 is 5.82 Å². The maximum Gasteiger partial charge on any atom is 0.254 e. The summed E-state index contributed by atoms with van der Waals surface area (Å²) in [4.78, 5) is 28.7. The average Bonchev–Trinajstić information content (AvgIpc) is 3.25. The maximum atomic E-state index is 14.1. The fourth-order valence-corrected chi connectivity index (χ4v) is 4.32. The molecule has 0 N–H and O–H groups in total. The van der Waals surface area contributed by atoms with Gasteiger partial charge in [0, 0.05) is 30.5 Å². The van der Waals surface area contributed by atoms with Crippen LogP contribution in [0.25, 0.3) is 22.5 Å². The SMILES string of the molecule is Cc1ccc(-c2ncccn2)c(C(=O)N2C[C@H](c3nc4c(F)cccc4o3)CC[C@H]2C)c1. The number of likely N-dealkylation sites (tertiary alicyclic amines) is 1. The number of aromatic nitrogens is 3. The summed E-state index contributed by atoms with van der Waals surface area (Å²) in [6.45, 7) is 4.47. The molecule has 32 heavy (non-hydrogen) atoms. The monoisotopic (exact) mass is 430 g/mol. The molecule has 6 nitrogen and oxygen atoms in total. The number of aryl methyl sites for hydroxylation is 1. The molecule has 7 heteroatoms. The predicted molar refractivity (Wildman–Crippen MR) is 119 cm³/mol. The quantitative estimate of drug-likeness (QED) is 0.450. The zero-order valence-electron chi connectivity index (χ0n) is 18.0. The Morgan fingerprint density at radius 1 is 1.12 bits per heavy atom. The number of oxazole rings is 1. The van der Waals surface area contributed by atoms with E-state index in [1.807, 2.05) is 36.9 Å². The summed E-state index contributed by atoms with van der Waals surface area (Å²) < 4.78 is 20.0. The standard InChI is InChI=1S/C25H23FN4O2/c1-15-7-10-18(23-27-11-4-12-28-23)19(13-15)25(31)30-14-17(9-8-16(30)2)24-29-22-20(26)5-3-6-21(22)32-24/h3-7,10-13,16-17H,8-9,14H2,1-2H3/t16-,17-/m1/s1. The van der Waals surface area contributed by atoms with Crippen molar-refractivity contribution in [3.05, 3.63) is 77.7 Å². The Labute approximate surface area is 185 Å². The van der Waals surface area contributed by atoms with E-state index in [0.29, 0.717) is 35.0 Å². The third kappa shape index (κ3) is 3.64. The normalized spacial score (nSPS) is 18.8. The molecule has 2 atom stereocenters. The van der Waals surface area contributed by atoms with Crippen LogP contribution in [0, 0.1) is 12.7 Å². The lowest BCUT2D eigenvalue weighted by molar-refractivity contribution is 0.0598. The van der Waals surface area contributed by atoms with Crippen LogP contribution < -0.4 is 0 Å². The molecule has 0 spiro atoms. The minimum absolute atomic E-state index is 0.0601. The molecule has 3 heterocycles. The van der Waals surface area contributed by atoms with Crippen molar-refractivity contribution < 1.29 is 13.6 Å². The molecule has 5 rings (SSSR count). The van der Waals surface area contributed by atoms with Crippen molar-refractivity contribution in [1.29, 1.82) is 0 Å². The van der Waals surface area contributed by atoms with Gasteiger partial charge in [-0.1, -0.05) is 23.8 Å². The molecule has 1 saturated heterocycles. The molecule has 4 aromatic rings. The highest BCUT2D eigenvalue weighted by molar-refractivity contribution is 6.00. The minimum Gasteiger partial charge on any atom is -0.440 e. The second-order valence-corrected chi connectivity index (χ2v) is 8.34. The first-order valence-electron chi connectivity index (χ1n) is 10.7. The number of para-hydroxylation sites is 1. The molecule has 1 amide bonds. The summed E-state index contributed by atoms with van der Waals surface area (Å²) in [5.74, 6) is 0.429. The van der Waals surface area contributed by atoms with E-state index in [9.17, 15) is 9.18 Å². The number of carbonyl (C=O) groups excluding carboxylic acids is 1. The van der Waals surface area contributed by atoms with Gasteiger partial charge in [-0.15, -0.1) is 0 Å². The van der Waals surface area contributed by atoms with Crippen molar-refractivity contribution >= 4 is 17.0 Å². The van der Waals surface area contributed by atoms with Gasteiger partial charge in [0.05, 0.1) is 11.5 Å². The smallest absolute Gasteiger partial charge is 0.254 e. The molecule has 0 unspecified atom stereocenters. The van der Waals surface area contributed by atoms with Gasteiger partial charge in [0.25, 0.3) is 5.91 Å². The van der Waals surface area contributed by atoms with Crippen LogP contribution in [0.15, 0.2) is 59.3 Å². The average molecular weight is 430 g/mol. The summed E-state index contributed by atoms with van der Waals surface area (Å²) in [6.07, 6.45) is 4.97. The van der Waals surface area contributed by atoms with Gasteiger partial charge in [0.15, 0.2) is 23.1 Å². The largest absolute Gasteiger partial charge is 0.440 e. The highest BCUT2D eigenvalue weighted by atomic mass is 19.1. The number of amides is 1. The fraction of sp³-hybridized carbons (Fsp3) is 0.280. The molecule has 1 aliphatic heterocycles. The van der Waals surface area contributed by atoms with Crippen LogP contribution in [0.4, 0.5) is 4.39 Å². The van der Waals surface area contributed by atoms with Gasteiger partial charge in [-0.3, -0.25) is 4.79 Å². The molecule has 1 aliphatic rings. The molecule has 162 valence electrons. The van der Waals surface area contributed by atoms with Crippen molar-refractivity contribution in [3.63, 3.8) is 0 Å². The number of hydrogen-bond donors (Lipinski definition) is 0. The van der Waals surface area contributed by atoms with Crippen molar-refractivity contribution in [1.82, 2.24) is 19.9 Å². The van der Waals surface area contributed by atoms with Crippen LogP contribution in [-0.2, 0) is 0 Å². The van der Waals surface area contributed by atoms with Gasteiger partial charge in [0.2, 0.25) is 0 Å². The lowest BCUT2D eigenvalue weighted by atomic mass is 9.92. The van der Waals surface area contributed by atoms with Crippen LogP contribution in [0.5, 0.6) is 0 Å². The van der Waals surface area contributed by atoms with Gasteiger partial charge in [-0.25, -0.2) is 19.3 Å². The van der Waals surface area contributed by atoms with E-state index in [4.69, 9.17) is 4.42 Å². The molecule has 0 saturated carbocycles. The van der Waals surface area contributed by atoms with Crippen molar-refractivity contribution in [2.75, 3.05) is 6.54 Å². The molecular weight excluding hydrogens is 407 g/mol. The van der Waals surface area contributed by atoms with Crippen molar-refractivity contribution in [2.24, 2.45) is 0 Å². The van der Waals surface area contributed by atoms with Crippen LogP contribution >= 0.6 is 0 Å². The predicted octanol–water partition coefficient (Wildman–Crippen LogP) is 5.14. The summed E-state index contributed by atoms with van der Waals surface area (Å²) in [7, 11) is 0. The zero-order chi connectivity index (χ0) is 22.2. The topological polar surface area (TPSA) is 72.1 Å². The minimum atomic E-state index is -0.401. The molecule has 0 radical (unpaired) electrons. The number of hydrogen-bond acceptors (Lipinski definition) is 5. The summed E-state index contributed by atoms with van der Waals surface area (Å²) in [5, 5.41) is 0. The number of rotatable bonds is 3. The first kappa shape index (κ1) is 20.3. The van der Waals surface area contributed by atoms with Crippen LogP contribution in [0.2, 0.25) is 0 Å². The molecule has 1 fully saturated rings. The number of carbonyl (C=O) groups is 1. The van der Waals surface area contributed by atoms with Crippen molar-refractivity contribution in [2.45, 2.75) is 38.6 Å². The van der Waals surface area contributed by atoms with E-state index in [2.05, 4.69) is 15.0 Å². The number of halogens is 1. The lowest BCUT2D eigenvalue weighted by Gasteiger charge is -2.37. The molecule has 2 aromatic heterocycles. The fourth-order valence-electron chi connectivity index (χ4n) is 4.32. The Hall–Kier alpha value is -3.61. The van der Waals surface area contributed by atoms with E-state index in [1.165, 1.54) is 6.07 Å². The van der Waals surface area contributed by atoms with E-state index >= 15 is 0 Å². The number of nitrogens with zero attached hydrogens (tertiary/aromatic N) is 4. The Kier molecular flexibility index (Phi) is 5.17. The van der Waals surface area contributed by atoms with E-state index in [1.54, 1.807) is 30.6 Å². The highest BCUT2D eigenvalue weighted by Crippen LogP contribution is 2.34. The van der Waals surface area contributed by atoms with Crippen LogP contribution in [0.1, 0.15) is 47.5 Å². The molecule has 0 aliphatic carbocycles. The highest BCUT2D eigenvalue weighted by Gasteiger charge is 2.34. The van der Waals surface area contributed by atoms with Gasteiger partial charge >= 0.3 is 0 Å². The number of fused-ring (bicyclic) bond motifs is 1. The third-order valence-corrected chi connectivity index (χ3v) is 6.09. The Morgan fingerprint density at radius 3 is 2.72 bits per heavy atom. The van der Waals surface area contributed by atoms with Gasteiger partial charge in [-0.05, 0) is 51.0 Å². The Bertz CT molecular complexity index is 1290. The van der Waals surface area contributed by atoms with E-state index in [-0.39, 0.29) is 23.4 Å². The molecule has 2 aromatic carbocycles. The molecular formula is C25H23FN4O2. The van der Waals surface area contributed by atoms with E-state index in [0.717, 1.165) is 18.4 Å². The lowest BCUT2D eigenvalue weighted by Crippen LogP contribution is -2.45. The summed E-state index contributed by atoms with van der Waals surface area (Å²) >= 11 is 0. The van der Waals surface area contributed by atoms with Crippen LogP contribution in [0.3, 0.4) is 0 Å². The van der Waals surface area contributed by atoms with Gasteiger partial charge < -0.3 is 9.32 Å². The number of benzene rings is 2. The second-order valence-electron chi connectivity index (χ2n) is 8.34. The second kappa shape index (κ2) is 8.15. The Morgan fingerprint density at radius 2 is 1.94 bits per heavy atom. The van der Waals surface area contributed by atoms with Crippen molar-refractivity contribution in [3.8, 4) is 11.4 Å². The first-order valence-corrected chi connectivity index (χ1v) is 10.7. The third-order valence-electron chi connectivity index (χ3n) is 6.09. The summed E-state index contributed by atoms with van der Waals surface area (Å²) in [5.41, 5.74) is 2.94. The first-order chi connectivity index (χ1) is 15.5. The Balaban J connectivity index is 1.48. The zero-order valence-corrected chi connectivity index (χ0v) is 18.0. The maximum absolute atomic E-state index is 14.1. The molecule has 0 bridgehead atoms. The number of piperidine rings is 1. The van der Waals surface area contributed by atoms with Gasteiger partial charge in [0.1, 0.15) is 5.52 Å². The van der Waals surface area contributed by atoms with Gasteiger partial charge in [-0.2, -0.15) is 0 Å². The van der Waals surface area contributed by atoms with Crippen LogP contribution in [-0.4, -0.2) is 38.3 Å².